The van der Waals surface area contributed by atoms with Crippen molar-refractivity contribution in [3.8, 4) is 5.75 Å². The van der Waals surface area contributed by atoms with E-state index in [-0.39, 0.29) is 13.2 Å². The van der Waals surface area contributed by atoms with E-state index in [0.29, 0.717) is 17.7 Å². The van der Waals surface area contributed by atoms with E-state index < -0.39 is 43.3 Å². The molecule has 0 unspecified atom stereocenters. The van der Waals surface area contributed by atoms with Crippen molar-refractivity contribution in [2.75, 3.05) is 20.3 Å². The topological polar surface area (TPSA) is 135 Å². The second-order valence-corrected chi connectivity index (χ2v) is 8.13. The third kappa shape index (κ3) is 6.32. The van der Waals surface area contributed by atoms with Crippen LogP contribution in [0, 0.1) is 0 Å². The fourth-order valence-corrected chi connectivity index (χ4v) is 3.84. The van der Waals surface area contributed by atoms with Crippen LogP contribution in [0.25, 0.3) is 0 Å². The molecule has 0 saturated carbocycles. The van der Waals surface area contributed by atoms with E-state index in [0.717, 1.165) is 17.5 Å². The molecule has 1 aliphatic rings. The fourth-order valence-electron chi connectivity index (χ4n) is 3.84. The average molecular weight is 477 g/mol. The van der Waals surface area contributed by atoms with Gasteiger partial charge in [-0.1, -0.05) is 43.3 Å². The van der Waals surface area contributed by atoms with Gasteiger partial charge in [-0.15, -0.1) is 0 Å². The zero-order valence-electron chi connectivity index (χ0n) is 19.3. The highest BCUT2D eigenvalue weighted by atomic mass is 16.7. The van der Waals surface area contributed by atoms with Gasteiger partial charge in [0.25, 0.3) is 0 Å². The number of rotatable bonds is 10. The first-order valence-electron chi connectivity index (χ1n) is 11.2. The molecule has 0 aliphatic carbocycles. The van der Waals surface area contributed by atoms with Gasteiger partial charge in [0, 0.05) is 13.5 Å². The molecule has 34 heavy (non-hydrogen) atoms. The van der Waals surface area contributed by atoms with Gasteiger partial charge in [0.1, 0.15) is 43.4 Å². The molecule has 1 aliphatic heterocycles. The largest absolute Gasteiger partial charge is 0.462 e. The quantitative estimate of drug-likeness (QED) is 0.366. The summed E-state index contributed by atoms with van der Waals surface area (Å²) in [6.45, 7) is 0.773. The third-order valence-electron chi connectivity index (χ3n) is 5.83. The van der Waals surface area contributed by atoms with Gasteiger partial charge in [-0.25, -0.2) is 4.79 Å². The Bertz CT molecular complexity index is 930. The SMILES string of the molecule is CCc1ccc(Cc2ccc(CO)cc2O[C@@H]2O[C@H](COC(=O)CO)[C@@H](OC)[C@H](O)[C@H]2O)cc1. The van der Waals surface area contributed by atoms with Crippen molar-refractivity contribution < 1.29 is 44.2 Å². The Morgan fingerprint density at radius 2 is 1.68 bits per heavy atom. The number of carbonyl (C=O) groups excluding carboxylic acids is 1. The summed E-state index contributed by atoms with van der Waals surface area (Å²) in [5.74, 6) is -0.479. The number of ether oxygens (including phenoxy) is 4. The van der Waals surface area contributed by atoms with Gasteiger partial charge in [-0.3, -0.25) is 0 Å². The minimum Gasteiger partial charge on any atom is -0.462 e. The van der Waals surface area contributed by atoms with Gasteiger partial charge in [0.2, 0.25) is 6.29 Å². The molecule has 1 fully saturated rings. The van der Waals surface area contributed by atoms with Gasteiger partial charge < -0.3 is 39.4 Å². The molecule has 9 nitrogen and oxygen atoms in total. The van der Waals surface area contributed by atoms with E-state index in [9.17, 15) is 20.1 Å². The van der Waals surface area contributed by atoms with Crippen LogP contribution in [0.2, 0.25) is 0 Å². The first-order valence-corrected chi connectivity index (χ1v) is 11.2. The zero-order valence-corrected chi connectivity index (χ0v) is 19.3. The molecular formula is C25H32O9. The zero-order chi connectivity index (χ0) is 24.7. The Labute approximate surface area is 198 Å². The maximum atomic E-state index is 11.4. The molecule has 1 saturated heterocycles. The Kier molecular flexibility index (Phi) is 9.40. The molecule has 0 amide bonds. The molecule has 0 spiro atoms. The maximum absolute atomic E-state index is 11.4. The molecule has 2 aromatic rings. The van der Waals surface area contributed by atoms with Gasteiger partial charge in [-0.2, -0.15) is 0 Å². The van der Waals surface area contributed by atoms with E-state index in [1.807, 2.05) is 18.2 Å². The standard InChI is InChI=1S/C25H32O9/c1-3-15-4-6-16(7-5-15)10-18-9-8-17(12-26)11-19(18)33-25-23(30)22(29)24(31-2)20(34-25)14-32-21(28)13-27/h4-9,11,20,22-27,29-30H,3,10,12-14H2,1-2H3/t20-,22-,23-,24-,25-/m1/s1. The van der Waals surface area contributed by atoms with Crippen molar-refractivity contribution >= 4 is 5.97 Å². The monoisotopic (exact) mass is 476 g/mol. The van der Waals surface area contributed by atoms with Crippen molar-refractivity contribution in [1.29, 1.82) is 0 Å². The average Bonchev–Trinajstić information content (AvgIpc) is 2.86. The Morgan fingerprint density at radius 3 is 2.29 bits per heavy atom. The van der Waals surface area contributed by atoms with Crippen LogP contribution in [0.15, 0.2) is 42.5 Å². The number of hydrogen-bond acceptors (Lipinski definition) is 9. The summed E-state index contributed by atoms with van der Waals surface area (Å²) >= 11 is 0. The molecule has 0 radical (unpaired) electrons. The molecule has 9 heteroatoms. The Morgan fingerprint density at radius 1 is 1.00 bits per heavy atom. The highest BCUT2D eigenvalue weighted by Crippen LogP contribution is 2.30. The molecule has 5 atom stereocenters. The second kappa shape index (κ2) is 12.3. The van der Waals surface area contributed by atoms with Crippen LogP contribution in [0.4, 0.5) is 0 Å². The van der Waals surface area contributed by atoms with Gasteiger partial charge in [0.15, 0.2) is 0 Å². The molecule has 0 aromatic heterocycles. The number of benzene rings is 2. The number of carbonyl (C=O) groups is 1. The minimum atomic E-state index is -1.45. The number of aryl methyl sites for hydroxylation is 1. The molecule has 4 N–H and O–H groups in total. The summed E-state index contributed by atoms with van der Waals surface area (Å²) in [5.41, 5.74) is 3.68. The van der Waals surface area contributed by atoms with Crippen LogP contribution < -0.4 is 4.74 Å². The van der Waals surface area contributed by atoms with Crippen molar-refractivity contribution in [3.05, 3.63) is 64.7 Å². The smallest absolute Gasteiger partial charge is 0.331 e. The van der Waals surface area contributed by atoms with Gasteiger partial charge in [-0.05, 0) is 34.7 Å². The van der Waals surface area contributed by atoms with Crippen molar-refractivity contribution in [2.24, 2.45) is 0 Å². The van der Waals surface area contributed by atoms with Crippen LogP contribution in [0.3, 0.4) is 0 Å². The van der Waals surface area contributed by atoms with Crippen molar-refractivity contribution in [3.63, 3.8) is 0 Å². The lowest BCUT2D eigenvalue weighted by atomic mass is 9.98. The lowest BCUT2D eigenvalue weighted by molar-refractivity contribution is -0.283. The molecule has 1 heterocycles. The van der Waals surface area contributed by atoms with Crippen molar-refractivity contribution in [2.45, 2.75) is 57.1 Å². The summed E-state index contributed by atoms with van der Waals surface area (Å²) in [5, 5.41) is 39.7. The van der Waals surface area contributed by atoms with Gasteiger partial charge in [0.05, 0.1) is 6.61 Å². The van der Waals surface area contributed by atoms with Crippen LogP contribution >= 0.6 is 0 Å². The van der Waals surface area contributed by atoms with E-state index >= 15 is 0 Å². The molecule has 0 bridgehead atoms. The van der Waals surface area contributed by atoms with E-state index in [4.69, 9.17) is 24.1 Å². The molecule has 2 aromatic carbocycles. The minimum absolute atomic E-state index is 0.204. The van der Waals surface area contributed by atoms with E-state index in [1.165, 1.54) is 12.7 Å². The predicted octanol–water partition coefficient (Wildman–Crippen LogP) is 0.708. The molecular weight excluding hydrogens is 444 g/mol. The summed E-state index contributed by atoms with van der Waals surface area (Å²) in [6, 6.07) is 13.5. The lowest BCUT2D eigenvalue weighted by Gasteiger charge is -2.41. The number of esters is 1. The summed E-state index contributed by atoms with van der Waals surface area (Å²) < 4.78 is 22.0. The Balaban J connectivity index is 1.82. The summed E-state index contributed by atoms with van der Waals surface area (Å²) in [4.78, 5) is 11.4. The van der Waals surface area contributed by atoms with Crippen LogP contribution in [-0.4, -0.2) is 77.4 Å². The first-order chi connectivity index (χ1) is 16.4. The molecule has 186 valence electrons. The number of aliphatic hydroxyl groups is 4. The number of aliphatic hydroxyl groups excluding tert-OH is 4. The van der Waals surface area contributed by atoms with Crippen LogP contribution in [-0.2, 0) is 38.5 Å². The predicted molar refractivity (Wildman–Crippen MR) is 121 cm³/mol. The van der Waals surface area contributed by atoms with Crippen molar-refractivity contribution in [1.82, 2.24) is 0 Å². The second-order valence-electron chi connectivity index (χ2n) is 8.13. The molecule has 3 rings (SSSR count). The Hall–Kier alpha value is -2.53. The lowest BCUT2D eigenvalue weighted by Crippen LogP contribution is -2.61. The highest BCUT2D eigenvalue weighted by molar-refractivity contribution is 5.70. The normalized spacial score (nSPS) is 24.6. The highest BCUT2D eigenvalue weighted by Gasteiger charge is 2.46. The van der Waals surface area contributed by atoms with E-state index in [1.54, 1.807) is 12.1 Å². The fraction of sp³-hybridized carbons (Fsp3) is 0.480. The van der Waals surface area contributed by atoms with Gasteiger partial charge >= 0.3 is 5.97 Å². The van der Waals surface area contributed by atoms with Crippen LogP contribution in [0.1, 0.15) is 29.2 Å². The van der Waals surface area contributed by atoms with Crippen LogP contribution in [0.5, 0.6) is 5.75 Å². The number of methoxy groups -OCH3 is 1. The maximum Gasteiger partial charge on any atom is 0.331 e. The summed E-state index contributed by atoms with van der Waals surface area (Å²) in [7, 11) is 1.33. The van der Waals surface area contributed by atoms with E-state index in [2.05, 4.69) is 19.1 Å². The first kappa shape index (κ1) is 26.1. The third-order valence-corrected chi connectivity index (χ3v) is 5.83. The number of hydrogen-bond donors (Lipinski definition) is 4. The summed E-state index contributed by atoms with van der Waals surface area (Å²) in [6.07, 6.45) is -4.59.